The lowest BCUT2D eigenvalue weighted by molar-refractivity contribution is -0.113. The minimum Gasteiger partial charge on any atom is -0.507 e. The molecule has 0 spiro atoms. The highest BCUT2D eigenvalue weighted by Gasteiger charge is 2.04. The van der Waals surface area contributed by atoms with Crippen molar-refractivity contribution in [1.29, 1.82) is 0 Å². The zero-order chi connectivity index (χ0) is 10.6. The zero-order valence-electron chi connectivity index (χ0n) is 7.73. The molecule has 0 unspecified atom stereocenters. The van der Waals surface area contributed by atoms with Crippen LogP contribution in [0.3, 0.4) is 0 Å². The summed E-state index contributed by atoms with van der Waals surface area (Å²) < 4.78 is 5.00. The lowest BCUT2D eigenvalue weighted by atomic mass is 10.1. The first-order valence-electron chi connectivity index (χ1n) is 3.98. The monoisotopic (exact) mass is 193 g/mol. The number of methoxy groups -OCH3 is 1. The minimum absolute atomic E-state index is 0.0434. The molecule has 0 atom stereocenters. The lowest BCUT2D eigenvalue weighted by Gasteiger charge is -2.05. The average Bonchev–Trinajstić information content (AvgIpc) is 2.15. The first-order chi connectivity index (χ1) is 6.65. The Bertz CT molecular complexity index is 372. The summed E-state index contributed by atoms with van der Waals surface area (Å²) in [6.45, 7) is 0. The maximum absolute atomic E-state index is 10.5. The molecule has 4 nitrogen and oxygen atoms in total. The van der Waals surface area contributed by atoms with Crippen molar-refractivity contribution in [1.82, 2.24) is 0 Å². The van der Waals surface area contributed by atoms with E-state index in [4.69, 9.17) is 10.5 Å². The molecule has 4 heteroatoms. The summed E-state index contributed by atoms with van der Waals surface area (Å²) in [6.07, 6.45) is 2.58. The van der Waals surface area contributed by atoms with Crippen LogP contribution in [0.2, 0.25) is 0 Å². The topological polar surface area (TPSA) is 72.6 Å². The third-order valence-corrected chi connectivity index (χ3v) is 1.68. The fraction of sp³-hybridized carbons (Fsp3) is 0.100. The Morgan fingerprint density at radius 2 is 2.29 bits per heavy atom. The molecule has 74 valence electrons. The highest BCUT2D eigenvalue weighted by atomic mass is 16.5. The first kappa shape index (κ1) is 10.1. The summed E-state index contributed by atoms with van der Waals surface area (Å²) in [5, 5.41) is 9.45. The Kier molecular flexibility index (Phi) is 3.12. The van der Waals surface area contributed by atoms with Crippen LogP contribution in [0.1, 0.15) is 5.56 Å². The second-order valence-electron chi connectivity index (χ2n) is 2.63. The van der Waals surface area contributed by atoms with E-state index < -0.39 is 5.91 Å². The fourth-order valence-corrected chi connectivity index (χ4v) is 1.04. The van der Waals surface area contributed by atoms with Crippen LogP contribution < -0.4 is 10.5 Å². The molecule has 1 aromatic carbocycles. The van der Waals surface area contributed by atoms with Crippen LogP contribution in [0.25, 0.3) is 6.08 Å². The molecule has 0 saturated carbocycles. The van der Waals surface area contributed by atoms with E-state index in [2.05, 4.69) is 0 Å². The van der Waals surface area contributed by atoms with Crippen molar-refractivity contribution in [3.63, 3.8) is 0 Å². The van der Waals surface area contributed by atoms with Gasteiger partial charge in [-0.25, -0.2) is 0 Å². The van der Waals surface area contributed by atoms with Crippen LogP contribution in [0.5, 0.6) is 11.5 Å². The fourth-order valence-electron chi connectivity index (χ4n) is 1.04. The number of hydrogen-bond acceptors (Lipinski definition) is 3. The van der Waals surface area contributed by atoms with Gasteiger partial charge in [-0.15, -0.1) is 0 Å². The van der Waals surface area contributed by atoms with Crippen LogP contribution in [0.4, 0.5) is 0 Å². The number of phenols is 1. The lowest BCUT2D eigenvalue weighted by Crippen LogP contribution is -2.05. The number of aromatic hydroxyl groups is 1. The second-order valence-corrected chi connectivity index (χ2v) is 2.63. The van der Waals surface area contributed by atoms with E-state index in [0.717, 1.165) is 6.08 Å². The van der Waals surface area contributed by atoms with Gasteiger partial charge >= 0.3 is 0 Å². The molecule has 0 aliphatic rings. The Morgan fingerprint density at radius 1 is 1.57 bits per heavy atom. The summed E-state index contributed by atoms with van der Waals surface area (Å²) in [5.74, 6) is -0.0420. The highest BCUT2D eigenvalue weighted by molar-refractivity contribution is 5.91. The number of ether oxygens (including phenoxy) is 1. The van der Waals surface area contributed by atoms with Crippen LogP contribution in [-0.4, -0.2) is 18.1 Å². The number of primary amides is 1. The van der Waals surface area contributed by atoms with Gasteiger partial charge in [-0.05, 0) is 18.2 Å². The van der Waals surface area contributed by atoms with Crippen molar-refractivity contribution in [2.45, 2.75) is 0 Å². The molecule has 14 heavy (non-hydrogen) atoms. The van der Waals surface area contributed by atoms with Crippen molar-refractivity contribution in [3.05, 3.63) is 29.8 Å². The van der Waals surface area contributed by atoms with Crippen LogP contribution in [0.15, 0.2) is 24.3 Å². The Balaban J connectivity index is 3.11. The Morgan fingerprint density at radius 3 is 2.86 bits per heavy atom. The SMILES string of the molecule is COc1cccc(O)c1/C=C/C(N)=O. The van der Waals surface area contributed by atoms with Crippen molar-refractivity contribution in [2.24, 2.45) is 5.73 Å². The number of carbonyl (C=O) groups excluding carboxylic acids is 1. The van der Waals surface area contributed by atoms with Gasteiger partial charge < -0.3 is 15.6 Å². The third-order valence-electron chi connectivity index (χ3n) is 1.68. The second kappa shape index (κ2) is 4.32. The van der Waals surface area contributed by atoms with Gasteiger partial charge in [0, 0.05) is 6.08 Å². The third kappa shape index (κ3) is 2.26. The van der Waals surface area contributed by atoms with E-state index in [1.54, 1.807) is 12.1 Å². The summed E-state index contributed by atoms with van der Waals surface area (Å²) in [4.78, 5) is 10.5. The average molecular weight is 193 g/mol. The Labute approximate surface area is 81.6 Å². The van der Waals surface area contributed by atoms with Crippen molar-refractivity contribution in [3.8, 4) is 11.5 Å². The standard InChI is InChI=1S/C10H11NO3/c1-14-9-4-2-3-8(12)7(9)5-6-10(11)13/h2-6,12H,1H3,(H2,11,13)/b6-5+. The predicted octanol–water partition coefficient (Wildman–Crippen LogP) is 0.899. The molecule has 0 bridgehead atoms. The molecular formula is C10H11NO3. The molecule has 3 N–H and O–H groups in total. The number of amides is 1. The summed E-state index contributed by atoms with van der Waals surface area (Å²) in [7, 11) is 1.48. The molecular weight excluding hydrogens is 182 g/mol. The Hall–Kier alpha value is -1.97. The van der Waals surface area contributed by atoms with Crippen molar-refractivity contribution in [2.75, 3.05) is 7.11 Å². The van der Waals surface area contributed by atoms with E-state index in [1.807, 2.05) is 0 Å². The van der Waals surface area contributed by atoms with Crippen LogP contribution >= 0.6 is 0 Å². The van der Waals surface area contributed by atoms with E-state index in [0.29, 0.717) is 11.3 Å². The number of rotatable bonds is 3. The molecule has 0 saturated heterocycles. The molecule has 0 aliphatic heterocycles. The van der Waals surface area contributed by atoms with Crippen molar-refractivity contribution < 1.29 is 14.6 Å². The number of hydrogen-bond donors (Lipinski definition) is 2. The van der Waals surface area contributed by atoms with Gasteiger partial charge in [0.2, 0.25) is 5.91 Å². The molecule has 0 radical (unpaired) electrons. The number of nitrogens with two attached hydrogens (primary N) is 1. The largest absolute Gasteiger partial charge is 0.507 e. The van der Waals surface area contributed by atoms with E-state index >= 15 is 0 Å². The first-order valence-corrected chi connectivity index (χ1v) is 3.98. The smallest absolute Gasteiger partial charge is 0.241 e. The van der Waals surface area contributed by atoms with Gasteiger partial charge in [-0.3, -0.25) is 4.79 Å². The van der Waals surface area contributed by atoms with Gasteiger partial charge in [0.25, 0.3) is 0 Å². The number of carbonyl (C=O) groups is 1. The number of benzene rings is 1. The molecule has 1 aromatic rings. The van der Waals surface area contributed by atoms with Crippen LogP contribution in [-0.2, 0) is 4.79 Å². The summed E-state index contributed by atoms with van der Waals surface area (Å²) in [6, 6.07) is 4.83. The maximum Gasteiger partial charge on any atom is 0.241 e. The molecule has 1 amide bonds. The van der Waals surface area contributed by atoms with E-state index in [-0.39, 0.29) is 5.75 Å². The van der Waals surface area contributed by atoms with Gasteiger partial charge in [0.1, 0.15) is 11.5 Å². The molecule has 0 heterocycles. The molecule has 1 rings (SSSR count). The van der Waals surface area contributed by atoms with E-state index in [1.165, 1.54) is 19.3 Å². The predicted molar refractivity (Wildman–Crippen MR) is 52.9 cm³/mol. The van der Waals surface area contributed by atoms with Crippen molar-refractivity contribution >= 4 is 12.0 Å². The number of phenolic OH excluding ortho intramolecular Hbond substituents is 1. The quantitative estimate of drug-likeness (QED) is 0.700. The van der Waals surface area contributed by atoms with Gasteiger partial charge in [0.05, 0.1) is 12.7 Å². The summed E-state index contributed by atoms with van der Waals surface area (Å²) >= 11 is 0. The van der Waals surface area contributed by atoms with Gasteiger partial charge in [-0.1, -0.05) is 6.07 Å². The van der Waals surface area contributed by atoms with E-state index in [9.17, 15) is 9.90 Å². The van der Waals surface area contributed by atoms with Gasteiger partial charge in [-0.2, -0.15) is 0 Å². The highest BCUT2D eigenvalue weighted by Crippen LogP contribution is 2.28. The summed E-state index contributed by atoms with van der Waals surface area (Å²) in [5.41, 5.74) is 5.37. The normalized spacial score (nSPS) is 10.4. The van der Waals surface area contributed by atoms with Gasteiger partial charge in [0.15, 0.2) is 0 Å². The van der Waals surface area contributed by atoms with Crippen LogP contribution in [0, 0.1) is 0 Å². The zero-order valence-corrected chi connectivity index (χ0v) is 7.73. The maximum atomic E-state index is 10.5. The molecule has 0 aliphatic carbocycles. The minimum atomic E-state index is -0.574. The molecule has 0 aromatic heterocycles. The molecule has 0 fully saturated rings.